The van der Waals surface area contributed by atoms with Crippen molar-refractivity contribution in [2.45, 2.75) is 26.0 Å². The predicted molar refractivity (Wildman–Crippen MR) is 117 cm³/mol. The molecule has 0 aliphatic carbocycles. The van der Waals surface area contributed by atoms with Crippen LogP contribution in [-0.4, -0.2) is 27.6 Å². The van der Waals surface area contributed by atoms with Crippen molar-refractivity contribution >= 4 is 45.1 Å². The summed E-state index contributed by atoms with van der Waals surface area (Å²) in [4.78, 5) is 24.4. The third-order valence-corrected chi connectivity index (χ3v) is 5.32. The van der Waals surface area contributed by atoms with Gasteiger partial charge in [0.25, 0.3) is 5.22 Å². The van der Waals surface area contributed by atoms with Crippen molar-refractivity contribution in [1.82, 2.24) is 10.2 Å². The predicted octanol–water partition coefficient (Wildman–Crippen LogP) is 5.46. The number of anilines is 1. The normalized spacial score (nSPS) is 11.3. The molecule has 0 aliphatic rings. The van der Waals surface area contributed by atoms with Crippen LogP contribution in [0, 0.1) is 5.41 Å². The summed E-state index contributed by atoms with van der Waals surface area (Å²) in [5.74, 6) is 0.443. The van der Waals surface area contributed by atoms with Gasteiger partial charge < -0.3 is 9.73 Å². The number of carbonyl (C=O) groups is 2. The second kappa shape index (κ2) is 8.92. The van der Waals surface area contributed by atoms with Crippen LogP contribution in [0.4, 0.5) is 5.69 Å². The van der Waals surface area contributed by atoms with Crippen molar-refractivity contribution < 1.29 is 14.0 Å². The number of hydrogen-bond donors (Lipinski definition) is 1. The fourth-order valence-electron chi connectivity index (χ4n) is 2.25. The number of nitrogens with one attached hydrogen (secondary N) is 1. The number of hydrogen-bond acceptors (Lipinski definition) is 6. The van der Waals surface area contributed by atoms with E-state index in [1.54, 1.807) is 24.3 Å². The van der Waals surface area contributed by atoms with E-state index < -0.39 is 5.41 Å². The second-order valence-electron chi connectivity index (χ2n) is 7.37. The minimum Gasteiger partial charge on any atom is -0.411 e. The number of ketones is 1. The molecule has 0 saturated heterocycles. The van der Waals surface area contributed by atoms with Crippen LogP contribution in [-0.2, 0) is 4.79 Å². The van der Waals surface area contributed by atoms with Gasteiger partial charge in [-0.05, 0) is 48.5 Å². The minimum absolute atomic E-state index is 0.0629. The molecule has 0 atom stereocenters. The molecular weight excluding hydrogens is 454 g/mol. The van der Waals surface area contributed by atoms with E-state index in [0.717, 1.165) is 10.0 Å². The van der Waals surface area contributed by atoms with Crippen molar-refractivity contribution in [1.29, 1.82) is 0 Å². The molecule has 0 aliphatic heterocycles. The summed E-state index contributed by atoms with van der Waals surface area (Å²) >= 11 is 4.57. The highest BCUT2D eigenvalue weighted by Crippen LogP contribution is 2.25. The van der Waals surface area contributed by atoms with Gasteiger partial charge in [0.1, 0.15) is 0 Å². The Morgan fingerprint density at radius 1 is 1.03 bits per heavy atom. The Kier molecular flexibility index (Phi) is 6.54. The van der Waals surface area contributed by atoms with Crippen molar-refractivity contribution in [2.24, 2.45) is 5.41 Å². The van der Waals surface area contributed by atoms with E-state index in [9.17, 15) is 9.59 Å². The summed E-state index contributed by atoms with van der Waals surface area (Å²) < 4.78 is 6.58. The molecule has 0 fully saturated rings. The van der Waals surface area contributed by atoms with E-state index in [2.05, 4.69) is 31.4 Å². The Bertz CT molecular complexity index is 1010. The summed E-state index contributed by atoms with van der Waals surface area (Å²) in [5, 5.41) is 11.2. The molecular formula is C21H20BrN3O3S. The van der Waals surface area contributed by atoms with Crippen molar-refractivity contribution in [3.8, 4) is 11.5 Å². The second-order valence-corrected chi connectivity index (χ2v) is 9.22. The lowest BCUT2D eigenvalue weighted by molar-refractivity contribution is -0.123. The Labute approximate surface area is 181 Å². The minimum atomic E-state index is -0.482. The third-order valence-electron chi connectivity index (χ3n) is 3.97. The monoisotopic (exact) mass is 473 g/mol. The van der Waals surface area contributed by atoms with Gasteiger partial charge in [-0.1, -0.05) is 48.5 Å². The average Bonchev–Trinajstić information content (AvgIpc) is 3.15. The van der Waals surface area contributed by atoms with Gasteiger partial charge >= 0.3 is 0 Å². The largest absolute Gasteiger partial charge is 0.411 e. The fraction of sp³-hybridized carbons (Fsp3) is 0.238. The van der Waals surface area contributed by atoms with Crippen molar-refractivity contribution in [2.75, 3.05) is 11.1 Å². The van der Waals surface area contributed by atoms with Gasteiger partial charge in [-0.15, -0.1) is 10.2 Å². The molecule has 1 N–H and O–H groups in total. The number of rotatable bonds is 6. The molecule has 3 aromatic rings. The van der Waals surface area contributed by atoms with Crippen LogP contribution in [0.3, 0.4) is 0 Å². The molecule has 8 heteroatoms. The molecule has 0 saturated carbocycles. The van der Waals surface area contributed by atoms with E-state index in [-0.39, 0.29) is 17.4 Å². The molecule has 1 aromatic heterocycles. The summed E-state index contributed by atoms with van der Waals surface area (Å²) in [7, 11) is 0. The maximum absolute atomic E-state index is 12.4. The topological polar surface area (TPSA) is 85.1 Å². The Hall–Kier alpha value is -2.45. The Balaban J connectivity index is 1.57. The fourth-order valence-corrected chi connectivity index (χ4v) is 3.17. The molecule has 6 nitrogen and oxygen atoms in total. The highest BCUT2D eigenvalue weighted by Gasteiger charge is 2.21. The Morgan fingerprint density at radius 2 is 1.69 bits per heavy atom. The number of aromatic nitrogens is 2. The van der Waals surface area contributed by atoms with Gasteiger partial charge in [-0.25, -0.2) is 0 Å². The number of halogens is 1. The lowest BCUT2D eigenvalue weighted by Gasteiger charge is -2.17. The first-order valence-corrected chi connectivity index (χ1v) is 10.7. The van der Waals surface area contributed by atoms with Gasteiger partial charge in [0, 0.05) is 26.7 Å². The van der Waals surface area contributed by atoms with Crippen LogP contribution in [0.1, 0.15) is 31.1 Å². The molecule has 3 rings (SSSR count). The van der Waals surface area contributed by atoms with Crippen molar-refractivity contribution in [3.05, 3.63) is 58.6 Å². The van der Waals surface area contributed by atoms with Crippen LogP contribution in [0.25, 0.3) is 11.5 Å². The summed E-state index contributed by atoms with van der Waals surface area (Å²) in [6.45, 7) is 5.53. The van der Waals surface area contributed by atoms with Crippen LogP contribution in [0.15, 0.2) is 62.6 Å². The summed E-state index contributed by atoms with van der Waals surface area (Å²) in [6.07, 6.45) is 0. The van der Waals surface area contributed by atoms with E-state index in [1.807, 2.05) is 45.0 Å². The first-order chi connectivity index (χ1) is 13.7. The third kappa shape index (κ3) is 5.77. The SMILES string of the molecule is CC(C)(C)C(=O)Nc1ccc(C(=O)CSc2nnc(-c3ccc(Br)cc3)o2)cc1. The molecule has 1 amide bonds. The number of nitrogens with zero attached hydrogens (tertiary/aromatic N) is 2. The smallest absolute Gasteiger partial charge is 0.277 e. The van der Waals surface area contributed by atoms with E-state index in [4.69, 9.17) is 4.42 Å². The van der Waals surface area contributed by atoms with E-state index in [0.29, 0.717) is 22.4 Å². The highest BCUT2D eigenvalue weighted by atomic mass is 79.9. The molecule has 0 spiro atoms. The first-order valence-electron chi connectivity index (χ1n) is 8.89. The number of benzene rings is 2. The van der Waals surface area contributed by atoms with Gasteiger partial charge in [0.2, 0.25) is 11.8 Å². The number of amides is 1. The van der Waals surface area contributed by atoms with Gasteiger partial charge in [0.15, 0.2) is 5.78 Å². The van der Waals surface area contributed by atoms with E-state index in [1.165, 1.54) is 11.8 Å². The first kappa shape index (κ1) is 21.3. The summed E-state index contributed by atoms with van der Waals surface area (Å²) in [5.41, 5.74) is 1.54. The zero-order valence-electron chi connectivity index (χ0n) is 16.2. The number of Topliss-reactive ketones (excluding diaryl/α,β-unsaturated/α-hetero) is 1. The zero-order chi connectivity index (χ0) is 21.0. The molecule has 150 valence electrons. The zero-order valence-corrected chi connectivity index (χ0v) is 18.6. The van der Waals surface area contributed by atoms with Gasteiger partial charge in [0.05, 0.1) is 5.75 Å². The lowest BCUT2D eigenvalue weighted by atomic mass is 9.95. The van der Waals surface area contributed by atoms with Crippen LogP contribution >= 0.6 is 27.7 Å². The number of carbonyl (C=O) groups excluding carboxylic acids is 2. The lowest BCUT2D eigenvalue weighted by Crippen LogP contribution is -2.27. The van der Waals surface area contributed by atoms with Gasteiger partial charge in [-0.3, -0.25) is 9.59 Å². The molecule has 2 aromatic carbocycles. The molecule has 0 bridgehead atoms. The maximum Gasteiger partial charge on any atom is 0.277 e. The standard InChI is InChI=1S/C21H20BrN3O3S/c1-21(2,3)19(27)23-16-10-6-13(7-11-16)17(26)12-29-20-25-24-18(28-20)14-4-8-15(22)9-5-14/h4-11H,12H2,1-3H3,(H,23,27). The van der Waals surface area contributed by atoms with Crippen LogP contribution < -0.4 is 5.32 Å². The molecule has 29 heavy (non-hydrogen) atoms. The molecule has 0 unspecified atom stereocenters. The van der Waals surface area contributed by atoms with Crippen LogP contribution in [0.5, 0.6) is 0 Å². The maximum atomic E-state index is 12.4. The number of thioether (sulfide) groups is 1. The average molecular weight is 474 g/mol. The highest BCUT2D eigenvalue weighted by molar-refractivity contribution is 9.10. The molecule has 0 radical (unpaired) electrons. The Morgan fingerprint density at radius 3 is 2.31 bits per heavy atom. The van der Waals surface area contributed by atoms with Crippen molar-refractivity contribution in [3.63, 3.8) is 0 Å². The van der Waals surface area contributed by atoms with Crippen LogP contribution in [0.2, 0.25) is 0 Å². The molecule has 1 heterocycles. The summed E-state index contributed by atoms with van der Waals surface area (Å²) in [6, 6.07) is 14.4. The van der Waals surface area contributed by atoms with E-state index >= 15 is 0 Å². The van der Waals surface area contributed by atoms with Gasteiger partial charge in [-0.2, -0.15) is 0 Å². The quantitative estimate of drug-likeness (QED) is 0.377.